The highest BCUT2D eigenvalue weighted by atomic mass is 16.6. The second-order valence-electron chi connectivity index (χ2n) is 9.90. The predicted molar refractivity (Wildman–Crippen MR) is 140 cm³/mol. The summed E-state index contributed by atoms with van der Waals surface area (Å²) in [6.45, 7) is 6.98. The van der Waals surface area contributed by atoms with Gasteiger partial charge in [0.1, 0.15) is 5.75 Å². The molecule has 2 aliphatic heterocycles. The molecule has 0 bridgehead atoms. The maximum absolute atomic E-state index is 13.2. The Morgan fingerprint density at radius 3 is 2.47 bits per heavy atom. The number of amides is 1. The van der Waals surface area contributed by atoms with Crippen LogP contribution in [0.15, 0.2) is 30.3 Å². The largest absolute Gasteiger partial charge is 0.496 e. The molecule has 194 valence electrons. The van der Waals surface area contributed by atoms with Crippen LogP contribution in [0.5, 0.6) is 11.5 Å². The number of anilines is 2. The average molecular weight is 497 g/mol. The van der Waals surface area contributed by atoms with E-state index in [4.69, 9.17) is 9.47 Å². The molecule has 1 unspecified atom stereocenters. The van der Waals surface area contributed by atoms with Gasteiger partial charge in [0, 0.05) is 30.0 Å². The average Bonchev–Trinajstić information content (AvgIpc) is 3.10. The van der Waals surface area contributed by atoms with E-state index in [0.29, 0.717) is 37.0 Å². The van der Waals surface area contributed by atoms with Crippen LogP contribution in [-0.4, -0.2) is 55.6 Å². The first-order chi connectivity index (χ1) is 17.3. The van der Waals surface area contributed by atoms with Crippen LogP contribution < -0.4 is 20.1 Å². The molecular formula is C27H36N4O5. The Bertz CT molecular complexity index is 1110. The molecule has 1 saturated heterocycles. The van der Waals surface area contributed by atoms with Crippen molar-refractivity contribution < 1.29 is 19.2 Å². The summed E-state index contributed by atoms with van der Waals surface area (Å²) in [5.74, 6) is 1.14. The molecule has 1 atom stereocenters. The number of nitro benzene ring substituents is 1. The Kier molecular flexibility index (Phi) is 7.98. The Morgan fingerprint density at radius 1 is 1.11 bits per heavy atom. The van der Waals surface area contributed by atoms with Gasteiger partial charge in [0.2, 0.25) is 5.91 Å². The normalized spacial score (nSPS) is 18.6. The van der Waals surface area contributed by atoms with Gasteiger partial charge in [0.05, 0.1) is 25.1 Å². The van der Waals surface area contributed by atoms with Crippen LogP contribution in [0.4, 0.5) is 17.1 Å². The zero-order chi connectivity index (χ0) is 25.8. The molecule has 0 spiro atoms. The van der Waals surface area contributed by atoms with Gasteiger partial charge in [-0.05, 0) is 93.9 Å². The minimum Gasteiger partial charge on any atom is -0.496 e. The molecule has 2 aliphatic rings. The molecule has 1 amide bonds. The molecule has 2 N–H and O–H groups in total. The zero-order valence-electron chi connectivity index (χ0n) is 21.5. The van der Waals surface area contributed by atoms with E-state index in [2.05, 4.69) is 35.4 Å². The summed E-state index contributed by atoms with van der Waals surface area (Å²) in [5.41, 5.74) is 3.41. The van der Waals surface area contributed by atoms with Gasteiger partial charge < -0.3 is 25.0 Å². The van der Waals surface area contributed by atoms with Crippen molar-refractivity contribution in [2.75, 3.05) is 44.5 Å². The monoisotopic (exact) mass is 496 g/mol. The van der Waals surface area contributed by atoms with Gasteiger partial charge in [0.15, 0.2) is 5.75 Å². The number of likely N-dealkylation sites (tertiary alicyclic amines) is 1. The number of aryl methyl sites for hydroxylation is 1. The van der Waals surface area contributed by atoms with Crippen molar-refractivity contribution in [1.82, 2.24) is 4.90 Å². The number of piperidine rings is 1. The van der Waals surface area contributed by atoms with Gasteiger partial charge in [-0.3, -0.25) is 14.9 Å². The van der Waals surface area contributed by atoms with E-state index in [0.717, 1.165) is 48.5 Å². The molecule has 4 rings (SSSR count). The number of nitro groups is 1. The summed E-state index contributed by atoms with van der Waals surface area (Å²) in [6.07, 6.45) is 3.37. The van der Waals surface area contributed by atoms with Crippen LogP contribution in [-0.2, 0) is 11.2 Å². The van der Waals surface area contributed by atoms with E-state index in [1.807, 2.05) is 12.1 Å². The molecule has 0 aliphatic carbocycles. The van der Waals surface area contributed by atoms with Gasteiger partial charge in [-0.1, -0.05) is 0 Å². The van der Waals surface area contributed by atoms with Crippen LogP contribution in [0.25, 0.3) is 0 Å². The lowest BCUT2D eigenvalue weighted by atomic mass is 9.88. The van der Waals surface area contributed by atoms with Crippen LogP contribution in [0.2, 0.25) is 0 Å². The number of hydrogen-bond acceptors (Lipinski definition) is 7. The summed E-state index contributed by atoms with van der Waals surface area (Å²) in [7, 11) is 3.11. The lowest BCUT2D eigenvalue weighted by molar-refractivity contribution is -0.385. The molecule has 0 radical (unpaired) electrons. The lowest BCUT2D eigenvalue weighted by Crippen LogP contribution is -2.37. The number of carbonyl (C=O) groups is 1. The van der Waals surface area contributed by atoms with E-state index >= 15 is 0 Å². The van der Waals surface area contributed by atoms with E-state index < -0.39 is 4.92 Å². The third-order valence-corrected chi connectivity index (χ3v) is 7.47. The quantitative estimate of drug-likeness (QED) is 0.418. The van der Waals surface area contributed by atoms with Crippen molar-refractivity contribution in [1.29, 1.82) is 0 Å². The van der Waals surface area contributed by atoms with E-state index in [1.54, 1.807) is 13.2 Å². The number of hydrogen-bond donors (Lipinski definition) is 2. The van der Waals surface area contributed by atoms with Crippen molar-refractivity contribution in [3.63, 3.8) is 0 Å². The van der Waals surface area contributed by atoms with Gasteiger partial charge in [-0.15, -0.1) is 0 Å². The SMILES string of the molecule is COc1ccc(NC(=O)C2CCc3cc(OC)c([N+](=O)[O-])cc3NC2)cc1C1CCN(C(C)C)CC1. The van der Waals surface area contributed by atoms with Crippen LogP contribution in [0.1, 0.15) is 50.2 Å². The second-order valence-corrected chi connectivity index (χ2v) is 9.90. The minimum atomic E-state index is -0.455. The molecule has 0 saturated carbocycles. The van der Waals surface area contributed by atoms with Crippen LogP contribution in [0, 0.1) is 16.0 Å². The van der Waals surface area contributed by atoms with Crippen molar-refractivity contribution >= 4 is 23.0 Å². The topological polar surface area (TPSA) is 106 Å². The lowest BCUT2D eigenvalue weighted by Gasteiger charge is -2.35. The second kappa shape index (κ2) is 11.2. The van der Waals surface area contributed by atoms with E-state index in [1.165, 1.54) is 13.2 Å². The number of nitrogens with zero attached hydrogens (tertiary/aromatic N) is 2. The maximum Gasteiger partial charge on any atom is 0.312 e. The summed E-state index contributed by atoms with van der Waals surface area (Å²) in [5, 5.41) is 17.7. The summed E-state index contributed by atoms with van der Waals surface area (Å²) in [6, 6.07) is 9.61. The van der Waals surface area contributed by atoms with Crippen LogP contribution in [0.3, 0.4) is 0 Å². The van der Waals surface area contributed by atoms with Gasteiger partial charge in [-0.25, -0.2) is 0 Å². The number of carbonyl (C=O) groups excluding carboxylic acids is 1. The molecule has 9 nitrogen and oxygen atoms in total. The fraction of sp³-hybridized carbons (Fsp3) is 0.519. The molecule has 2 aromatic carbocycles. The summed E-state index contributed by atoms with van der Waals surface area (Å²) >= 11 is 0. The molecule has 2 heterocycles. The van der Waals surface area contributed by atoms with Crippen molar-refractivity contribution in [2.45, 2.75) is 51.5 Å². The highest BCUT2D eigenvalue weighted by molar-refractivity contribution is 5.93. The van der Waals surface area contributed by atoms with Gasteiger partial charge in [-0.2, -0.15) is 0 Å². The Morgan fingerprint density at radius 2 is 1.83 bits per heavy atom. The zero-order valence-corrected chi connectivity index (χ0v) is 21.5. The van der Waals surface area contributed by atoms with Crippen LogP contribution >= 0.6 is 0 Å². The number of rotatable bonds is 7. The Labute approximate surface area is 212 Å². The Hall–Kier alpha value is -3.33. The third-order valence-electron chi connectivity index (χ3n) is 7.47. The smallest absolute Gasteiger partial charge is 0.312 e. The van der Waals surface area contributed by atoms with Crippen molar-refractivity contribution in [2.24, 2.45) is 5.92 Å². The Balaban J connectivity index is 1.45. The standard InChI is InChI=1S/C27H36N4O5/c1-17(2)30-11-9-18(10-12-30)22-14-21(7-8-25(22)35-3)29-27(32)20-6-5-19-13-26(36-4)24(31(33)34)15-23(19)28-16-20/h7-8,13-15,17-18,20,28H,5-6,9-12,16H2,1-4H3,(H,29,32). The fourth-order valence-electron chi connectivity index (χ4n) is 5.28. The molecule has 9 heteroatoms. The molecule has 0 aromatic heterocycles. The predicted octanol–water partition coefficient (Wildman–Crippen LogP) is 4.81. The summed E-state index contributed by atoms with van der Waals surface area (Å²) < 4.78 is 10.9. The number of fused-ring (bicyclic) bond motifs is 1. The van der Waals surface area contributed by atoms with E-state index in [-0.39, 0.29) is 23.3 Å². The molecular weight excluding hydrogens is 460 g/mol. The highest BCUT2D eigenvalue weighted by Gasteiger charge is 2.27. The third kappa shape index (κ3) is 5.56. The van der Waals surface area contributed by atoms with Gasteiger partial charge in [0.25, 0.3) is 0 Å². The number of benzene rings is 2. The first-order valence-corrected chi connectivity index (χ1v) is 12.6. The van der Waals surface area contributed by atoms with Crippen molar-refractivity contribution in [3.8, 4) is 11.5 Å². The van der Waals surface area contributed by atoms with Gasteiger partial charge >= 0.3 is 5.69 Å². The van der Waals surface area contributed by atoms with E-state index in [9.17, 15) is 14.9 Å². The number of nitrogens with one attached hydrogen (secondary N) is 2. The molecule has 36 heavy (non-hydrogen) atoms. The number of ether oxygens (including phenoxy) is 2. The first kappa shape index (κ1) is 25.8. The molecule has 2 aromatic rings. The maximum atomic E-state index is 13.2. The molecule has 1 fully saturated rings. The fourth-order valence-corrected chi connectivity index (χ4v) is 5.28. The minimum absolute atomic E-state index is 0.0671. The number of methoxy groups -OCH3 is 2. The highest BCUT2D eigenvalue weighted by Crippen LogP contribution is 2.38. The first-order valence-electron chi connectivity index (χ1n) is 12.6. The summed E-state index contributed by atoms with van der Waals surface area (Å²) in [4.78, 5) is 26.6. The van der Waals surface area contributed by atoms with Crippen molar-refractivity contribution in [3.05, 3.63) is 51.6 Å².